The first-order valence-electron chi connectivity index (χ1n) is 16.3. The van der Waals surface area contributed by atoms with E-state index in [1.807, 2.05) is 18.2 Å². The molecule has 1 aromatic carbocycles. The Morgan fingerprint density at radius 1 is 1.04 bits per heavy atom. The highest BCUT2D eigenvalue weighted by atomic mass is 16.6. The fraction of sp³-hybridized carbons (Fsp3) is 0.706. The average molecular weight is 649 g/mol. The Kier molecular flexibility index (Phi) is 16.3. The lowest BCUT2D eigenvalue weighted by atomic mass is 9.82. The van der Waals surface area contributed by atoms with Crippen LogP contribution in [0.2, 0.25) is 0 Å². The van der Waals surface area contributed by atoms with E-state index >= 15 is 0 Å². The molecular formula is C34H56N4O8. The van der Waals surface area contributed by atoms with Gasteiger partial charge in [-0.25, -0.2) is 4.79 Å². The summed E-state index contributed by atoms with van der Waals surface area (Å²) in [6, 6.07) is 5.25. The van der Waals surface area contributed by atoms with Gasteiger partial charge < -0.3 is 39.2 Å². The maximum absolute atomic E-state index is 12.9. The Morgan fingerprint density at radius 3 is 2.39 bits per heavy atom. The van der Waals surface area contributed by atoms with Gasteiger partial charge in [0.1, 0.15) is 5.60 Å². The van der Waals surface area contributed by atoms with Gasteiger partial charge in [0.25, 0.3) is 0 Å². The van der Waals surface area contributed by atoms with Crippen molar-refractivity contribution in [1.29, 1.82) is 0 Å². The Hall–Kier alpha value is -3.38. The number of aliphatic hydroxyl groups excluding tert-OH is 1. The highest BCUT2D eigenvalue weighted by Gasteiger charge is 2.31. The molecule has 0 aliphatic heterocycles. The number of ether oxygens (including phenoxy) is 4. The van der Waals surface area contributed by atoms with Crippen molar-refractivity contribution in [1.82, 2.24) is 20.8 Å². The van der Waals surface area contributed by atoms with Crippen LogP contribution in [-0.2, 0) is 27.1 Å². The molecule has 46 heavy (non-hydrogen) atoms. The molecule has 0 saturated heterocycles. The van der Waals surface area contributed by atoms with Crippen molar-refractivity contribution in [3.63, 3.8) is 0 Å². The molecule has 1 heterocycles. The van der Waals surface area contributed by atoms with E-state index in [1.54, 1.807) is 48.8 Å². The van der Waals surface area contributed by atoms with Crippen LogP contribution in [0.15, 0.2) is 22.7 Å². The minimum absolute atomic E-state index is 0.0850. The third-order valence-corrected chi connectivity index (χ3v) is 7.62. The van der Waals surface area contributed by atoms with Crippen LogP contribution in [-0.4, -0.2) is 79.0 Å². The van der Waals surface area contributed by atoms with Gasteiger partial charge in [0.2, 0.25) is 11.8 Å². The van der Waals surface area contributed by atoms with E-state index in [0.29, 0.717) is 68.7 Å². The number of rotatable bonds is 20. The van der Waals surface area contributed by atoms with Crippen molar-refractivity contribution in [2.24, 2.45) is 17.8 Å². The van der Waals surface area contributed by atoms with Crippen LogP contribution >= 0.6 is 0 Å². The molecule has 2 aromatic rings. The quantitative estimate of drug-likeness (QED) is 0.167. The number of nitrogens with one attached hydrogen (secondary N) is 2. The standard InChI is InChI=1S/C34H56N4O8/c1-22(2)26(19-25-13-14-29(43-9)30(20-25)44-17-11-16-42-8)21-27(37-33(41)45-34(5,6)7)28(39)18-23(3)32(40)35-15-10-12-31-36-24(4)38-46-31/h13-14,20,22-23,26-28,39H,10-12,15-19,21H2,1-9H3,(H,35,40)(H,37,41)/t23-,26+,27+,28+/m1/s1. The molecule has 2 amide bonds. The summed E-state index contributed by atoms with van der Waals surface area (Å²) in [7, 11) is 3.27. The van der Waals surface area contributed by atoms with Gasteiger partial charge in [0.05, 0.1) is 25.9 Å². The van der Waals surface area contributed by atoms with Gasteiger partial charge in [0.15, 0.2) is 17.3 Å². The molecule has 0 saturated carbocycles. The van der Waals surface area contributed by atoms with Crippen LogP contribution < -0.4 is 20.1 Å². The highest BCUT2D eigenvalue weighted by molar-refractivity contribution is 5.78. The van der Waals surface area contributed by atoms with Gasteiger partial charge in [-0.05, 0) is 82.9 Å². The third kappa shape index (κ3) is 14.4. The number of aliphatic hydroxyl groups is 1. The molecule has 0 radical (unpaired) electrons. The molecule has 0 aliphatic rings. The summed E-state index contributed by atoms with van der Waals surface area (Å²) in [6.07, 6.45) is 1.71. The van der Waals surface area contributed by atoms with Crippen LogP contribution in [0.25, 0.3) is 0 Å². The molecule has 3 N–H and O–H groups in total. The second-order valence-electron chi connectivity index (χ2n) is 13.2. The van der Waals surface area contributed by atoms with Crippen molar-refractivity contribution in [3.05, 3.63) is 35.5 Å². The Morgan fingerprint density at radius 2 is 1.78 bits per heavy atom. The number of amides is 2. The maximum Gasteiger partial charge on any atom is 0.407 e. The summed E-state index contributed by atoms with van der Waals surface area (Å²) in [5.41, 5.74) is 0.350. The predicted octanol–water partition coefficient (Wildman–Crippen LogP) is 5.04. The number of aryl methyl sites for hydroxylation is 2. The number of aromatic nitrogens is 2. The lowest BCUT2D eigenvalue weighted by Crippen LogP contribution is -2.48. The lowest BCUT2D eigenvalue weighted by molar-refractivity contribution is -0.125. The van der Waals surface area contributed by atoms with Crippen molar-refractivity contribution < 1.29 is 38.2 Å². The van der Waals surface area contributed by atoms with E-state index in [-0.39, 0.29) is 24.2 Å². The molecule has 1 aromatic heterocycles. The van der Waals surface area contributed by atoms with Gasteiger partial charge in [-0.1, -0.05) is 32.0 Å². The topological polar surface area (TPSA) is 154 Å². The van der Waals surface area contributed by atoms with Crippen molar-refractivity contribution in [3.8, 4) is 11.5 Å². The lowest BCUT2D eigenvalue weighted by Gasteiger charge is -2.32. The molecule has 0 spiro atoms. The Bertz CT molecular complexity index is 1200. The number of alkyl carbamates (subject to hydrolysis) is 1. The Balaban J connectivity index is 2.11. The van der Waals surface area contributed by atoms with Crippen molar-refractivity contribution in [2.75, 3.05) is 34.0 Å². The second-order valence-corrected chi connectivity index (χ2v) is 13.2. The van der Waals surface area contributed by atoms with Crippen LogP contribution in [0.1, 0.15) is 84.5 Å². The number of carbonyl (C=O) groups is 2. The predicted molar refractivity (Wildman–Crippen MR) is 175 cm³/mol. The molecule has 0 bridgehead atoms. The third-order valence-electron chi connectivity index (χ3n) is 7.62. The van der Waals surface area contributed by atoms with Gasteiger partial charge >= 0.3 is 6.09 Å². The fourth-order valence-electron chi connectivity index (χ4n) is 5.04. The number of hydrogen-bond donors (Lipinski definition) is 3. The van der Waals surface area contributed by atoms with Gasteiger partial charge in [0, 0.05) is 39.0 Å². The molecule has 12 nitrogen and oxygen atoms in total. The summed E-state index contributed by atoms with van der Waals surface area (Å²) < 4.78 is 27.3. The first-order chi connectivity index (χ1) is 21.7. The number of hydrogen-bond acceptors (Lipinski definition) is 10. The summed E-state index contributed by atoms with van der Waals surface area (Å²) in [5, 5.41) is 21.0. The van der Waals surface area contributed by atoms with Crippen molar-refractivity contribution >= 4 is 12.0 Å². The summed E-state index contributed by atoms with van der Waals surface area (Å²) in [4.78, 5) is 29.9. The first kappa shape index (κ1) is 38.8. The summed E-state index contributed by atoms with van der Waals surface area (Å²) in [6.45, 7) is 14.7. The van der Waals surface area contributed by atoms with E-state index in [2.05, 4.69) is 34.6 Å². The average Bonchev–Trinajstić information content (AvgIpc) is 3.40. The minimum atomic E-state index is -0.980. The second kappa shape index (κ2) is 19.3. The zero-order valence-corrected chi connectivity index (χ0v) is 29.2. The molecule has 0 unspecified atom stereocenters. The number of nitrogens with zero attached hydrogens (tertiary/aromatic N) is 2. The van der Waals surface area contributed by atoms with E-state index in [4.69, 9.17) is 23.5 Å². The zero-order valence-electron chi connectivity index (χ0n) is 29.2. The molecule has 0 aliphatic carbocycles. The number of carbonyl (C=O) groups excluding carboxylic acids is 2. The van der Waals surface area contributed by atoms with E-state index < -0.39 is 29.8 Å². The highest BCUT2D eigenvalue weighted by Crippen LogP contribution is 2.32. The zero-order chi connectivity index (χ0) is 34.3. The van der Waals surface area contributed by atoms with Crippen LogP contribution in [0.4, 0.5) is 4.79 Å². The van der Waals surface area contributed by atoms with Gasteiger partial charge in [-0.15, -0.1) is 0 Å². The SMILES string of the molecule is COCCCOc1cc(C[C@@H](C[C@H](NC(=O)OC(C)(C)C)[C@@H](O)C[C@@H](C)C(=O)NCCCc2nc(C)no2)C(C)C)ccc1OC. The van der Waals surface area contributed by atoms with Crippen LogP contribution in [0, 0.1) is 24.7 Å². The minimum Gasteiger partial charge on any atom is -0.493 e. The normalized spacial score (nSPS) is 14.3. The fourth-order valence-corrected chi connectivity index (χ4v) is 5.04. The monoisotopic (exact) mass is 648 g/mol. The van der Waals surface area contributed by atoms with E-state index in [0.717, 1.165) is 12.0 Å². The van der Waals surface area contributed by atoms with Crippen LogP contribution in [0.5, 0.6) is 11.5 Å². The van der Waals surface area contributed by atoms with E-state index in [9.17, 15) is 14.7 Å². The van der Waals surface area contributed by atoms with Crippen LogP contribution in [0.3, 0.4) is 0 Å². The summed E-state index contributed by atoms with van der Waals surface area (Å²) in [5.74, 6) is 2.08. The molecule has 0 fully saturated rings. The number of methoxy groups -OCH3 is 2. The first-order valence-corrected chi connectivity index (χ1v) is 16.3. The van der Waals surface area contributed by atoms with E-state index in [1.165, 1.54) is 0 Å². The Labute approximate surface area is 274 Å². The molecule has 2 rings (SSSR count). The maximum atomic E-state index is 12.9. The van der Waals surface area contributed by atoms with Crippen molar-refractivity contribution in [2.45, 2.75) is 105 Å². The van der Waals surface area contributed by atoms with Gasteiger partial charge in [-0.3, -0.25) is 4.79 Å². The van der Waals surface area contributed by atoms with Gasteiger partial charge in [-0.2, -0.15) is 4.98 Å². The molecule has 12 heteroatoms. The smallest absolute Gasteiger partial charge is 0.407 e. The molecular weight excluding hydrogens is 592 g/mol. The summed E-state index contributed by atoms with van der Waals surface area (Å²) >= 11 is 0. The number of benzene rings is 1. The molecule has 4 atom stereocenters. The molecule has 260 valence electrons. The largest absolute Gasteiger partial charge is 0.493 e.